The Morgan fingerprint density at radius 2 is 1.76 bits per heavy atom. The van der Waals surface area contributed by atoms with Crippen LogP contribution in [0.3, 0.4) is 0 Å². The van der Waals surface area contributed by atoms with E-state index in [-0.39, 0.29) is 5.91 Å². The number of carbonyl (C=O) groups is 1. The minimum atomic E-state index is -0.487. The molecule has 1 atom stereocenters. The van der Waals surface area contributed by atoms with Gasteiger partial charge in [0.25, 0.3) is 0 Å². The molecule has 0 bridgehead atoms. The van der Waals surface area contributed by atoms with E-state index >= 15 is 0 Å². The lowest BCUT2D eigenvalue weighted by atomic mass is 10.1. The molecule has 0 radical (unpaired) electrons. The van der Waals surface area contributed by atoms with Crippen molar-refractivity contribution < 1.29 is 4.79 Å². The molecule has 1 saturated heterocycles. The van der Waals surface area contributed by atoms with Crippen molar-refractivity contribution in [2.24, 2.45) is 5.73 Å². The molecule has 21 heavy (non-hydrogen) atoms. The maximum atomic E-state index is 11.5. The van der Waals surface area contributed by atoms with E-state index in [1.54, 1.807) is 6.92 Å². The molecule has 1 aromatic rings. The third-order valence-electron chi connectivity index (χ3n) is 3.95. The van der Waals surface area contributed by atoms with Gasteiger partial charge in [0.15, 0.2) is 0 Å². The molecule has 2 rings (SSSR count). The second-order valence-electron chi connectivity index (χ2n) is 5.69. The predicted molar refractivity (Wildman–Crippen MR) is 86.1 cm³/mol. The fourth-order valence-electron chi connectivity index (χ4n) is 2.47. The number of likely N-dealkylation sites (N-methyl/N-ethyl adjacent to an activating group) is 1. The minimum Gasteiger partial charge on any atom is -0.325 e. The van der Waals surface area contributed by atoms with Gasteiger partial charge in [-0.05, 0) is 31.2 Å². The smallest absolute Gasteiger partial charge is 0.240 e. The van der Waals surface area contributed by atoms with Gasteiger partial charge in [0, 0.05) is 38.4 Å². The average Bonchev–Trinajstić information content (AvgIpc) is 2.50. The van der Waals surface area contributed by atoms with E-state index in [0.29, 0.717) is 0 Å². The van der Waals surface area contributed by atoms with E-state index < -0.39 is 6.04 Å². The van der Waals surface area contributed by atoms with Crippen LogP contribution < -0.4 is 11.1 Å². The van der Waals surface area contributed by atoms with Crippen molar-refractivity contribution >= 4 is 11.6 Å². The van der Waals surface area contributed by atoms with Gasteiger partial charge in [-0.15, -0.1) is 0 Å². The zero-order chi connectivity index (χ0) is 15.2. The van der Waals surface area contributed by atoms with E-state index in [9.17, 15) is 4.79 Å². The van der Waals surface area contributed by atoms with E-state index in [2.05, 4.69) is 34.2 Å². The van der Waals surface area contributed by atoms with Gasteiger partial charge in [0.1, 0.15) is 0 Å². The summed E-state index contributed by atoms with van der Waals surface area (Å²) in [5.74, 6) is -0.154. The molecule has 1 aliphatic rings. The fourth-order valence-corrected chi connectivity index (χ4v) is 2.47. The molecule has 0 spiro atoms. The summed E-state index contributed by atoms with van der Waals surface area (Å²) in [6.07, 6.45) is 0. The first kappa shape index (κ1) is 15.9. The number of carbonyl (C=O) groups excluding carboxylic acids is 1. The molecule has 1 heterocycles. The maximum Gasteiger partial charge on any atom is 0.240 e. The number of nitrogens with two attached hydrogens (primary N) is 1. The highest BCUT2D eigenvalue weighted by molar-refractivity contribution is 5.94. The van der Waals surface area contributed by atoms with Crippen LogP contribution in [0.2, 0.25) is 0 Å². The molecule has 1 aromatic carbocycles. The van der Waals surface area contributed by atoms with Gasteiger partial charge < -0.3 is 16.0 Å². The second-order valence-corrected chi connectivity index (χ2v) is 5.69. The number of hydrogen-bond donors (Lipinski definition) is 2. The SMILES string of the molecule is CCN1CCN(Cc2ccc(NC(=O)C(C)N)cc2)CC1. The van der Waals surface area contributed by atoms with Crippen molar-refractivity contribution in [3.8, 4) is 0 Å². The van der Waals surface area contributed by atoms with Crippen LogP contribution in [0.5, 0.6) is 0 Å². The third kappa shape index (κ3) is 4.81. The summed E-state index contributed by atoms with van der Waals surface area (Å²) >= 11 is 0. The average molecular weight is 290 g/mol. The first-order valence-electron chi connectivity index (χ1n) is 7.68. The Morgan fingerprint density at radius 1 is 1.19 bits per heavy atom. The number of anilines is 1. The molecule has 0 saturated carbocycles. The first-order chi connectivity index (χ1) is 10.1. The zero-order valence-corrected chi connectivity index (χ0v) is 13.0. The number of nitrogens with zero attached hydrogens (tertiary/aromatic N) is 2. The highest BCUT2D eigenvalue weighted by Gasteiger charge is 2.15. The zero-order valence-electron chi connectivity index (χ0n) is 13.0. The van der Waals surface area contributed by atoms with Crippen LogP contribution in [0.15, 0.2) is 24.3 Å². The summed E-state index contributed by atoms with van der Waals surface area (Å²) in [6, 6.07) is 7.54. The minimum absolute atomic E-state index is 0.154. The molecule has 1 amide bonds. The van der Waals surface area contributed by atoms with E-state index in [1.165, 1.54) is 5.56 Å². The second kappa shape index (κ2) is 7.54. The Kier molecular flexibility index (Phi) is 5.73. The van der Waals surface area contributed by atoms with Gasteiger partial charge in [-0.3, -0.25) is 9.69 Å². The standard InChI is InChI=1S/C16H26N4O/c1-3-19-8-10-20(11-9-19)12-14-4-6-15(7-5-14)18-16(21)13(2)17/h4-7,13H,3,8-12,17H2,1-2H3,(H,18,21). The molecule has 1 fully saturated rings. The molecular weight excluding hydrogens is 264 g/mol. The number of hydrogen-bond acceptors (Lipinski definition) is 4. The van der Waals surface area contributed by atoms with Crippen LogP contribution >= 0.6 is 0 Å². The van der Waals surface area contributed by atoms with Crippen LogP contribution in [0, 0.1) is 0 Å². The van der Waals surface area contributed by atoms with Gasteiger partial charge in [-0.25, -0.2) is 0 Å². The van der Waals surface area contributed by atoms with Crippen LogP contribution in [-0.2, 0) is 11.3 Å². The van der Waals surface area contributed by atoms with E-state index in [4.69, 9.17) is 5.73 Å². The molecule has 116 valence electrons. The lowest BCUT2D eigenvalue weighted by Gasteiger charge is -2.34. The fraction of sp³-hybridized carbons (Fsp3) is 0.562. The maximum absolute atomic E-state index is 11.5. The molecular formula is C16H26N4O. The van der Waals surface area contributed by atoms with Crippen LogP contribution in [0.25, 0.3) is 0 Å². The van der Waals surface area contributed by atoms with Crippen molar-refractivity contribution in [1.29, 1.82) is 0 Å². The van der Waals surface area contributed by atoms with E-state index in [0.717, 1.165) is 45.0 Å². The summed E-state index contributed by atoms with van der Waals surface area (Å²) < 4.78 is 0. The van der Waals surface area contributed by atoms with Crippen molar-refractivity contribution in [1.82, 2.24) is 9.80 Å². The van der Waals surface area contributed by atoms with Crippen LogP contribution in [0.4, 0.5) is 5.69 Å². The third-order valence-corrected chi connectivity index (χ3v) is 3.95. The number of rotatable bonds is 5. The molecule has 3 N–H and O–H groups in total. The monoisotopic (exact) mass is 290 g/mol. The molecule has 5 nitrogen and oxygen atoms in total. The topological polar surface area (TPSA) is 61.6 Å². The van der Waals surface area contributed by atoms with Crippen molar-refractivity contribution in [3.63, 3.8) is 0 Å². The Labute approximate surface area is 127 Å². The summed E-state index contributed by atoms with van der Waals surface area (Å²) in [5.41, 5.74) is 7.62. The van der Waals surface area contributed by atoms with Crippen molar-refractivity contribution in [2.75, 3.05) is 38.0 Å². The predicted octanol–water partition coefficient (Wildman–Crippen LogP) is 1.11. The molecule has 0 aromatic heterocycles. The van der Waals surface area contributed by atoms with Crippen LogP contribution in [-0.4, -0.2) is 54.5 Å². The van der Waals surface area contributed by atoms with Gasteiger partial charge in [-0.1, -0.05) is 19.1 Å². The lowest BCUT2D eigenvalue weighted by molar-refractivity contribution is -0.117. The largest absolute Gasteiger partial charge is 0.325 e. The highest BCUT2D eigenvalue weighted by atomic mass is 16.2. The molecule has 1 unspecified atom stereocenters. The van der Waals surface area contributed by atoms with E-state index in [1.807, 2.05) is 12.1 Å². The Balaban J connectivity index is 1.84. The first-order valence-corrected chi connectivity index (χ1v) is 7.68. The molecule has 0 aliphatic carbocycles. The van der Waals surface area contributed by atoms with Crippen molar-refractivity contribution in [3.05, 3.63) is 29.8 Å². The Morgan fingerprint density at radius 3 is 2.29 bits per heavy atom. The summed E-state index contributed by atoms with van der Waals surface area (Å²) in [5, 5.41) is 2.80. The summed E-state index contributed by atoms with van der Waals surface area (Å²) in [6.45, 7) is 10.6. The number of nitrogens with one attached hydrogen (secondary N) is 1. The van der Waals surface area contributed by atoms with Crippen molar-refractivity contribution in [2.45, 2.75) is 26.4 Å². The van der Waals surface area contributed by atoms with Gasteiger partial charge in [0.05, 0.1) is 6.04 Å². The molecule has 1 aliphatic heterocycles. The van der Waals surface area contributed by atoms with Gasteiger partial charge in [0.2, 0.25) is 5.91 Å². The number of piperazine rings is 1. The molecule has 5 heteroatoms. The number of amides is 1. The lowest BCUT2D eigenvalue weighted by Crippen LogP contribution is -2.45. The Bertz CT molecular complexity index is 450. The highest BCUT2D eigenvalue weighted by Crippen LogP contribution is 2.13. The number of benzene rings is 1. The summed E-state index contributed by atoms with van der Waals surface area (Å²) in [4.78, 5) is 16.5. The van der Waals surface area contributed by atoms with Crippen LogP contribution in [0.1, 0.15) is 19.4 Å². The normalized spacial score (nSPS) is 18.4. The quantitative estimate of drug-likeness (QED) is 0.853. The Hall–Kier alpha value is -1.43. The summed E-state index contributed by atoms with van der Waals surface area (Å²) in [7, 11) is 0. The van der Waals surface area contributed by atoms with Gasteiger partial charge in [-0.2, -0.15) is 0 Å². The van der Waals surface area contributed by atoms with Gasteiger partial charge >= 0.3 is 0 Å².